The molecule has 0 saturated carbocycles. The van der Waals surface area contributed by atoms with Gasteiger partial charge >= 0.3 is 0 Å². The summed E-state index contributed by atoms with van der Waals surface area (Å²) in [6.07, 6.45) is 1.02. The van der Waals surface area contributed by atoms with Crippen molar-refractivity contribution in [1.29, 1.82) is 0 Å². The molecule has 3 nitrogen and oxygen atoms in total. The predicted octanol–water partition coefficient (Wildman–Crippen LogP) is 4.12. The molecule has 25 heavy (non-hydrogen) atoms. The molecule has 5 rings (SSSR count). The Labute approximate surface area is 153 Å². The van der Waals surface area contributed by atoms with Gasteiger partial charge in [0.15, 0.2) is 5.60 Å². The first-order valence-corrected chi connectivity index (χ1v) is 8.42. The topological polar surface area (TPSA) is 35.8 Å². The molecule has 0 saturated heterocycles. The van der Waals surface area contributed by atoms with Crippen molar-refractivity contribution in [3.8, 4) is 0 Å². The maximum atomic E-state index is 11.8. The minimum absolute atomic E-state index is 0. The second-order valence-corrected chi connectivity index (χ2v) is 6.50. The lowest BCUT2D eigenvalue weighted by Gasteiger charge is -2.30. The minimum Gasteiger partial charge on any atom is -0.373 e. The van der Waals surface area contributed by atoms with Crippen LogP contribution >= 0.6 is 12.4 Å². The van der Waals surface area contributed by atoms with Crippen LogP contribution in [-0.4, -0.2) is 24.0 Å². The Bertz CT molecular complexity index is 984. The number of rotatable bonds is 1. The number of fused-ring (bicyclic) bond motifs is 4. The van der Waals surface area contributed by atoms with E-state index in [-0.39, 0.29) is 12.4 Å². The zero-order chi connectivity index (χ0) is 16.1. The lowest BCUT2D eigenvalue weighted by atomic mass is 9.86. The van der Waals surface area contributed by atoms with E-state index in [1.807, 2.05) is 36.4 Å². The Kier molecular flexibility index (Phi) is 3.78. The molecule has 0 radical (unpaired) electrons. The highest BCUT2D eigenvalue weighted by molar-refractivity contribution is 6.13. The molecule has 0 aromatic heterocycles. The average molecular weight is 351 g/mol. The third-order valence-electron chi connectivity index (χ3n) is 5.13. The van der Waals surface area contributed by atoms with Crippen LogP contribution < -0.4 is 4.90 Å². The number of para-hydroxylation sites is 1. The second-order valence-electron chi connectivity index (χ2n) is 6.50. The van der Waals surface area contributed by atoms with Crippen LogP contribution in [0.3, 0.4) is 0 Å². The predicted molar refractivity (Wildman–Crippen MR) is 105 cm³/mol. The highest BCUT2D eigenvalue weighted by atomic mass is 35.5. The van der Waals surface area contributed by atoms with Crippen molar-refractivity contribution < 1.29 is 5.11 Å². The zero-order valence-electron chi connectivity index (χ0n) is 13.7. The summed E-state index contributed by atoms with van der Waals surface area (Å²) in [6, 6.07) is 22.6. The van der Waals surface area contributed by atoms with Gasteiger partial charge in [-0.1, -0.05) is 54.6 Å². The highest BCUT2D eigenvalue weighted by Gasteiger charge is 2.49. The van der Waals surface area contributed by atoms with E-state index in [1.54, 1.807) is 0 Å². The Morgan fingerprint density at radius 1 is 0.920 bits per heavy atom. The van der Waals surface area contributed by atoms with E-state index >= 15 is 0 Å². The number of benzene rings is 3. The molecule has 126 valence electrons. The summed E-state index contributed by atoms with van der Waals surface area (Å²) in [5, 5.41) is 14.1. The van der Waals surface area contributed by atoms with E-state index in [1.165, 1.54) is 5.39 Å². The fraction of sp³-hybridized carbons (Fsp3) is 0.190. The molecule has 0 fully saturated rings. The van der Waals surface area contributed by atoms with Crippen molar-refractivity contribution in [2.45, 2.75) is 12.0 Å². The van der Waals surface area contributed by atoms with Crippen LogP contribution in [-0.2, 0) is 5.60 Å². The molecule has 0 amide bonds. The van der Waals surface area contributed by atoms with Gasteiger partial charge in [0.2, 0.25) is 0 Å². The number of aliphatic imine (C=N–C) groups is 1. The first-order valence-electron chi connectivity index (χ1n) is 8.42. The highest BCUT2D eigenvalue weighted by Crippen LogP contribution is 2.46. The average Bonchev–Trinajstić information content (AvgIpc) is 2.92. The number of hydrogen-bond acceptors (Lipinski definition) is 3. The van der Waals surface area contributed by atoms with Crippen molar-refractivity contribution in [3.63, 3.8) is 0 Å². The van der Waals surface area contributed by atoms with Gasteiger partial charge in [0.05, 0.1) is 0 Å². The largest absolute Gasteiger partial charge is 0.373 e. The molecule has 1 N–H and O–H groups in total. The Hall–Kier alpha value is -2.36. The summed E-state index contributed by atoms with van der Waals surface area (Å²) in [6.45, 7) is 1.68. The number of anilines is 1. The van der Waals surface area contributed by atoms with Gasteiger partial charge < -0.3 is 10.0 Å². The molecule has 0 spiro atoms. The smallest absolute Gasteiger partial charge is 0.174 e. The number of halogens is 1. The van der Waals surface area contributed by atoms with Gasteiger partial charge in [-0.2, -0.15) is 0 Å². The van der Waals surface area contributed by atoms with Crippen LogP contribution in [0.1, 0.15) is 17.5 Å². The lowest BCUT2D eigenvalue weighted by molar-refractivity contribution is 0.159. The monoisotopic (exact) mass is 350 g/mol. The van der Waals surface area contributed by atoms with E-state index in [2.05, 4.69) is 35.2 Å². The van der Waals surface area contributed by atoms with Crippen LogP contribution in [0.5, 0.6) is 0 Å². The van der Waals surface area contributed by atoms with Crippen LogP contribution in [0.25, 0.3) is 10.8 Å². The zero-order valence-corrected chi connectivity index (χ0v) is 14.5. The first kappa shape index (κ1) is 16.1. The van der Waals surface area contributed by atoms with E-state index in [0.29, 0.717) is 0 Å². The molecule has 4 heteroatoms. The molecule has 2 aliphatic heterocycles. The Morgan fingerprint density at radius 2 is 1.68 bits per heavy atom. The van der Waals surface area contributed by atoms with Crippen LogP contribution in [0, 0.1) is 0 Å². The molecule has 2 aliphatic rings. The van der Waals surface area contributed by atoms with Gasteiger partial charge in [0.25, 0.3) is 0 Å². The van der Waals surface area contributed by atoms with Gasteiger partial charge in [-0.05, 0) is 34.9 Å². The third kappa shape index (κ3) is 2.20. The second kappa shape index (κ2) is 5.87. The van der Waals surface area contributed by atoms with Crippen molar-refractivity contribution in [3.05, 3.63) is 77.9 Å². The molecule has 3 aromatic carbocycles. The maximum absolute atomic E-state index is 11.8. The minimum atomic E-state index is -1.17. The van der Waals surface area contributed by atoms with E-state index < -0.39 is 5.60 Å². The summed E-state index contributed by atoms with van der Waals surface area (Å²) < 4.78 is 0. The molecular formula is C21H19ClN2O. The maximum Gasteiger partial charge on any atom is 0.174 e. The summed E-state index contributed by atoms with van der Waals surface area (Å²) in [4.78, 5) is 6.88. The van der Waals surface area contributed by atoms with E-state index in [9.17, 15) is 5.11 Å². The SMILES string of the molecule is Cl.OC1(c2ccc3ccccc3c2)C2=NCCCN2c2ccccc21. The van der Waals surface area contributed by atoms with E-state index in [4.69, 9.17) is 4.99 Å². The summed E-state index contributed by atoms with van der Waals surface area (Å²) >= 11 is 0. The van der Waals surface area contributed by atoms with Gasteiger partial charge in [-0.25, -0.2) is 0 Å². The van der Waals surface area contributed by atoms with E-state index in [0.717, 1.165) is 47.5 Å². The molecule has 2 heterocycles. The van der Waals surface area contributed by atoms with Crippen molar-refractivity contribution in [2.24, 2.45) is 4.99 Å². The normalized spacial score (nSPS) is 21.3. The van der Waals surface area contributed by atoms with Crippen LogP contribution in [0.15, 0.2) is 71.7 Å². The molecule has 0 bridgehead atoms. The van der Waals surface area contributed by atoms with Crippen molar-refractivity contribution in [1.82, 2.24) is 0 Å². The molecular weight excluding hydrogens is 332 g/mol. The van der Waals surface area contributed by atoms with Gasteiger partial charge in [0, 0.05) is 24.3 Å². The standard InChI is InChI=1S/C21H18N2O.ClH/c24-21(17-11-10-15-6-1-2-7-16(15)14-17)18-8-3-4-9-19(18)23-13-5-12-22-20(21)23;/h1-4,6-11,14,24H,5,12-13H2;1H. The van der Waals surface area contributed by atoms with Gasteiger partial charge in [0.1, 0.15) is 5.84 Å². The lowest BCUT2D eigenvalue weighted by Crippen LogP contribution is -2.44. The fourth-order valence-corrected chi connectivity index (χ4v) is 3.98. The van der Waals surface area contributed by atoms with Gasteiger partial charge in [-0.3, -0.25) is 4.99 Å². The number of nitrogens with zero attached hydrogens (tertiary/aromatic N) is 2. The third-order valence-corrected chi connectivity index (χ3v) is 5.13. The molecule has 0 aliphatic carbocycles. The Morgan fingerprint density at radius 3 is 2.56 bits per heavy atom. The summed E-state index contributed by atoms with van der Waals surface area (Å²) in [5.74, 6) is 0.769. The molecule has 3 aromatic rings. The van der Waals surface area contributed by atoms with Crippen LogP contribution in [0.2, 0.25) is 0 Å². The van der Waals surface area contributed by atoms with Crippen LogP contribution in [0.4, 0.5) is 5.69 Å². The molecule has 1 unspecified atom stereocenters. The first-order chi connectivity index (χ1) is 11.8. The number of amidine groups is 1. The van der Waals surface area contributed by atoms with Gasteiger partial charge in [-0.15, -0.1) is 12.4 Å². The fourth-order valence-electron chi connectivity index (χ4n) is 3.98. The quantitative estimate of drug-likeness (QED) is 0.716. The van der Waals surface area contributed by atoms with Crippen molar-refractivity contribution in [2.75, 3.05) is 18.0 Å². The number of hydrogen-bond donors (Lipinski definition) is 1. The van der Waals surface area contributed by atoms with Crippen molar-refractivity contribution >= 4 is 34.7 Å². The molecule has 1 atom stereocenters. The Balaban J connectivity index is 0.00000157. The summed E-state index contributed by atoms with van der Waals surface area (Å²) in [5.41, 5.74) is 1.73. The number of aliphatic hydroxyl groups is 1. The summed E-state index contributed by atoms with van der Waals surface area (Å²) in [7, 11) is 0.